The van der Waals surface area contributed by atoms with Gasteiger partial charge in [0.1, 0.15) is 10.5 Å². The van der Waals surface area contributed by atoms with Crippen molar-refractivity contribution in [3.63, 3.8) is 0 Å². The van der Waals surface area contributed by atoms with Crippen molar-refractivity contribution >= 4 is 24.0 Å². The molecule has 1 aromatic heterocycles. The summed E-state index contributed by atoms with van der Waals surface area (Å²) in [7, 11) is 0. The molecule has 9 heteroatoms. The van der Waals surface area contributed by atoms with Crippen LogP contribution in [-0.4, -0.2) is 33.6 Å². The van der Waals surface area contributed by atoms with Gasteiger partial charge in [0.25, 0.3) is 5.91 Å². The fourth-order valence-electron chi connectivity index (χ4n) is 2.61. The molecule has 1 fully saturated rings. The Kier molecular flexibility index (Phi) is 4.53. The molecule has 26 heavy (non-hydrogen) atoms. The average molecular weight is 356 g/mol. The van der Waals surface area contributed by atoms with E-state index >= 15 is 0 Å². The number of nitrogens with zero attached hydrogens (tertiary/aromatic N) is 3. The predicted octanol–water partition coefficient (Wildman–Crippen LogP) is 2.47. The van der Waals surface area contributed by atoms with Gasteiger partial charge < -0.3 is 9.73 Å². The molecule has 1 aliphatic heterocycles. The summed E-state index contributed by atoms with van der Waals surface area (Å²) in [6.45, 7) is 1.64. The van der Waals surface area contributed by atoms with Crippen molar-refractivity contribution in [3.05, 3.63) is 63.9 Å². The van der Waals surface area contributed by atoms with Gasteiger partial charge in [-0.25, -0.2) is 4.79 Å². The first-order chi connectivity index (χ1) is 12.4. The lowest BCUT2D eigenvalue weighted by molar-refractivity contribution is -0.402. The van der Waals surface area contributed by atoms with Crippen LogP contribution >= 0.6 is 0 Å². The molecule has 1 aromatic carbocycles. The Bertz CT molecular complexity index is 876. The van der Waals surface area contributed by atoms with E-state index < -0.39 is 28.3 Å². The zero-order chi connectivity index (χ0) is 18.7. The zero-order valence-electron chi connectivity index (χ0n) is 13.9. The van der Waals surface area contributed by atoms with Crippen LogP contribution in [0.5, 0.6) is 0 Å². The van der Waals surface area contributed by atoms with Crippen LogP contribution in [0.3, 0.4) is 0 Å². The van der Waals surface area contributed by atoms with E-state index in [1.807, 2.05) is 30.3 Å². The number of nitro groups is 1. The molecule has 9 nitrogen and oxygen atoms in total. The Morgan fingerprint density at radius 3 is 2.65 bits per heavy atom. The summed E-state index contributed by atoms with van der Waals surface area (Å²) in [4.78, 5) is 34.6. The molecule has 1 N–H and O–H groups in total. The maximum absolute atomic E-state index is 12.6. The van der Waals surface area contributed by atoms with Crippen LogP contribution in [0.1, 0.15) is 24.7 Å². The zero-order valence-corrected chi connectivity index (χ0v) is 13.9. The second-order valence-electron chi connectivity index (χ2n) is 6.04. The van der Waals surface area contributed by atoms with Crippen molar-refractivity contribution in [1.82, 2.24) is 10.3 Å². The standard InChI is InChI=1S/C17H16N4O5/c1-17(10-9-12-5-3-2-4-6-12)15(22)20(16(23)19-17)18-11-13-7-8-14(26-13)21(24)25/h2-8,11H,9-10H2,1H3,(H,19,23)/b18-11-/t17-/m1/s1. The van der Waals surface area contributed by atoms with Crippen molar-refractivity contribution in [1.29, 1.82) is 0 Å². The van der Waals surface area contributed by atoms with Gasteiger partial charge in [0.2, 0.25) is 0 Å². The van der Waals surface area contributed by atoms with Crippen LogP contribution in [0.2, 0.25) is 0 Å². The molecule has 0 bridgehead atoms. The Balaban J connectivity index is 1.69. The molecular formula is C17H16N4O5. The number of amides is 3. The van der Waals surface area contributed by atoms with Gasteiger partial charge in [0.15, 0.2) is 5.76 Å². The molecule has 1 saturated heterocycles. The summed E-state index contributed by atoms with van der Waals surface area (Å²) in [5.74, 6) is -0.873. The number of aryl methyl sites for hydroxylation is 1. The molecule has 0 saturated carbocycles. The Morgan fingerprint density at radius 2 is 2.00 bits per heavy atom. The largest absolute Gasteiger partial charge is 0.433 e. The van der Waals surface area contributed by atoms with Gasteiger partial charge in [0.05, 0.1) is 12.3 Å². The van der Waals surface area contributed by atoms with Gasteiger partial charge in [0, 0.05) is 0 Å². The minimum atomic E-state index is -1.07. The van der Waals surface area contributed by atoms with E-state index in [4.69, 9.17) is 4.42 Å². The average Bonchev–Trinajstić information content (AvgIpc) is 3.17. The van der Waals surface area contributed by atoms with Crippen molar-refractivity contribution in [2.24, 2.45) is 5.10 Å². The van der Waals surface area contributed by atoms with Gasteiger partial charge in [-0.1, -0.05) is 30.3 Å². The van der Waals surface area contributed by atoms with E-state index in [0.29, 0.717) is 17.9 Å². The number of rotatable bonds is 6. The SMILES string of the molecule is C[C@]1(CCc2ccccc2)NC(=O)N(/N=C\c2ccc([N+](=O)[O-])o2)C1=O. The second-order valence-corrected chi connectivity index (χ2v) is 6.04. The third kappa shape index (κ3) is 3.46. The first kappa shape index (κ1) is 17.3. The number of furan rings is 1. The molecular weight excluding hydrogens is 340 g/mol. The van der Waals surface area contributed by atoms with Gasteiger partial charge in [-0.15, -0.1) is 5.01 Å². The molecule has 0 radical (unpaired) electrons. The van der Waals surface area contributed by atoms with Crippen LogP contribution in [0, 0.1) is 10.1 Å². The maximum atomic E-state index is 12.6. The fourth-order valence-corrected chi connectivity index (χ4v) is 2.61. The molecule has 134 valence electrons. The molecule has 1 atom stereocenters. The monoisotopic (exact) mass is 356 g/mol. The third-order valence-electron chi connectivity index (χ3n) is 4.09. The third-order valence-corrected chi connectivity index (χ3v) is 4.09. The van der Waals surface area contributed by atoms with Crippen molar-refractivity contribution < 1.29 is 18.9 Å². The Hall–Kier alpha value is -3.49. The van der Waals surface area contributed by atoms with Crippen LogP contribution in [0.15, 0.2) is 52.0 Å². The Labute approximate surface area is 148 Å². The molecule has 1 aliphatic rings. The second kappa shape index (κ2) is 6.79. The van der Waals surface area contributed by atoms with Gasteiger partial charge >= 0.3 is 11.9 Å². The molecule has 3 rings (SSSR count). The lowest BCUT2D eigenvalue weighted by atomic mass is 9.93. The minimum Gasteiger partial charge on any atom is -0.400 e. The summed E-state index contributed by atoms with van der Waals surface area (Å²) in [6.07, 6.45) is 2.12. The predicted molar refractivity (Wildman–Crippen MR) is 91.5 cm³/mol. The van der Waals surface area contributed by atoms with Crippen LogP contribution in [0.4, 0.5) is 10.7 Å². The lowest BCUT2D eigenvalue weighted by Gasteiger charge is -2.20. The number of benzene rings is 1. The lowest BCUT2D eigenvalue weighted by Crippen LogP contribution is -2.44. The first-order valence-electron chi connectivity index (χ1n) is 7.88. The van der Waals surface area contributed by atoms with Crippen molar-refractivity contribution in [3.8, 4) is 0 Å². The summed E-state index contributed by atoms with van der Waals surface area (Å²) in [5.41, 5.74) is -0.0139. The summed E-state index contributed by atoms with van der Waals surface area (Å²) in [5, 5.41) is 17.8. The highest BCUT2D eigenvalue weighted by Crippen LogP contribution is 2.24. The highest BCUT2D eigenvalue weighted by molar-refractivity contribution is 6.07. The molecule has 2 aromatic rings. The van der Waals surface area contributed by atoms with Gasteiger partial charge in [-0.05, 0) is 31.4 Å². The number of hydrogen-bond acceptors (Lipinski definition) is 6. The van der Waals surface area contributed by atoms with E-state index in [2.05, 4.69) is 10.4 Å². The number of nitrogens with one attached hydrogen (secondary N) is 1. The normalized spacial score (nSPS) is 20.0. The highest BCUT2D eigenvalue weighted by atomic mass is 16.6. The number of hydrogen-bond donors (Lipinski definition) is 1. The van der Waals surface area contributed by atoms with E-state index in [1.165, 1.54) is 6.07 Å². The summed E-state index contributed by atoms with van der Waals surface area (Å²) < 4.78 is 4.91. The van der Waals surface area contributed by atoms with E-state index in [1.54, 1.807) is 6.92 Å². The molecule has 0 aliphatic carbocycles. The van der Waals surface area contributed by atoms with E-state index in [9.17, 15) is 19.7 Å². The fraction of sp³-hybridized carbons (Fsp3) is 0.235. The van der Waals surface area contributed by atoms with Crippen LogP contribution < -0.4 is 5.32 Å². The van der Waals surface area contributed by atoms with Crippen LogP contribution in [0.25, 0.3) is 0 Å². The number of imide groups is 1. The number of urea groups is 1. The number of hydrazone groups is 1. The molecule has 0 spiro atoms. The minimum absolute atomic E-state index is 0.0650. The topological polar surface area (TPSA) is 118 Å². The molecule has 0 unspecified atom stereocenters. The maximum Gasteiger partial charge on any atom is 0.433 e. The van der Waals surface area contributed by atoms with Crippen LogP contribution in [-0.2, 0) is 11.2 Å². The van der Waals surface area contributed by atoms with E-state index in [0.717, 1.165) is 17.8 Å². The quantitative estimate of drug-likeness (QED) is 0.369. The van der Waals surface area contributed by atoms with Gasteiger partial charge in [-0.3, -0.25) is 14.9 Å². The summed E-state index contributed by atoms with van der Waals surface area (Å²) >= 11 is 0. The van der Waals surface area contributed by atoms with Crippen molar-refractivity contribution in [2.75, 3.05) is 0 Å². The smallest absolute Gasteiger partial charge is 0.400 e. The van der Waals surface area contributed by atoms with E-state index in [-0.39, 0.29) is 5.76 Å². The number of carbonyl (C=O) groups is 2. The first-order valence-corrected chi connectivity index (χ1v) is 7.88. The Morgan fingerprint density at radius 1 is 1.27 bits per heavy atom. The van der Waals surface area contributed by atoms with Crippen molar-refractivity contribution in [2.45, 2.75) is 25.3 Å². The summed E-state index contributed by atoms with van der Waals surface area (Å²) in [6, 6.07) is 11.5. The highest BCUT2D eigenvalue weighted by Gasteiger charge is 2.47. The van der Waals surface area contributed by atoms with Gasteiger partial charge in [-0.2, -0.15) is 5.10 Å². The number of carbonyl (C=O) groups excluding carboxylic acids is 2. The molecule has 3 amide bonds. The molecule has 2 heterocycles.